The molecule has 0 saturated heterocycles. The van der Waals surface area contributed by atoms with E-state index in [2.05, 4.69) is 18.8 Å². The average Bonchev–Trinajstić information content (AvgIpc) is 2.27. The van der Waals surface area contributed by atoms with Crippen molar-refractivity contribution in [2.75, 3.05) is 18.0 Å². The van der Waals surface area contributed by atoms with Gasteiger partial charge in [-0.05, 0) is 31.0 Å². The number of benzene rings is 1. The lowest BCUT2D eigenvalue weighted by Crippen LogP contribution is -2.37. The van der Waals surface area contributed by atoms with Crippen LogP contribution in [0.3, 0.4) is 0 Å². The van der Waals surface area contributed by atoms with E-state index in [1.54, 1.807) is 11.0 Å². The van der Waals surface area contributed by atoms with Crippen molar-refractivity contribution >= 4 is 11.6 Å². The fourth-order valence-corrected chi connectivity index (χ4v) is 1.48. The molecule has 3 nitrogen and oxygen atoms in total. The standard InChI is InChI=1S/C13H20FN3/c1-4-17(13(15)16-9-10(2)3)12-7-5-6-11(14)8-12/h5-8,10H,4,9H2,1-3H3,(H2,15,16). The minimum atomic E-state index is -0.266. The van der Waals surface area contributed by atoms with Gasteiger partial charge in [0.1, 0.15) is 5.82 Å². The highest BCUT2D eigenvalue weighted by atomic mass is 19.1. The van der Waals surface area contributed by atoms with Crippen molar-refractivity contribution in [2.24, 2.45) is 16.6 Å². The van der Waals surface area contributed by atoms with Gasteiger partial charge in [0.25, 0.3) is 0 Å². The molecule has 0 radical (unpaired) electrons. The number of halogens is 1. The third-order valence-corrected chi connectivity index (χ3v) is 2.33. The van der Waals surface area contributed by atoms with E-state index in [-0.39, 0.29) is 5.82 Å². The zero-order valence-corrected chi connectivity index (χ0v) is 10.7. The molecule has 0 aromatic heterocycles. The van der Waals surface area contributed by atoms with Crippen molar-refractivity contribution in [3.8, 4) is 0 Å². The predicted molar refractivity (Wildman–Crippen MR) is 70.7 cm³/mol. The Kier molecular flexibility index (Phi) is 4.94. The molecular formula is C13H20FN3. The maximum atomic E-state index is 13.1. The molecule has 94 valence electrons. The Morgan fingerprint density at radius 3 is 2.71 bits per heavy atom. The van der Waals surface area contributed by atoms with E-state index in [0.717, 1.165) is 5.69 Å². The summed E-state index contributed by atoms with van der Waals surface area (Å²) < 4.78 is 13.1. The van der Waals surface area contributed by atoms with Crippen LogP contribution in [-0.2, 0) is 0 Å². The molecule has 4 heteroatoms. The van der Waals surface area contributed by atoms with E-state index >= 15 is 0 Å². The first kappa shape index (κ1) is 13.5. The Balaban J connectivity index is 2.87. The molecule has 0 spiro atoms. The van der Waals surface area contributed by atoms with E-state index in [0.29, 0.717) is 25.0 Å². The molecule has 1 aromatic carbocycles. The second kappa shape index (κ2) is 6.23. The minimum Gasteiger partial charge on any atom is -0.370 e. The normalized spacial score (nSPS) is 11.9. The number of guanidine groups is 1. The summed E-state index contributed by atoms with van der Waals surface area (Å²) in [4.78, 5) is 6.10. The number of anilines is 1. The summed E-state index contributed by atoms with van der Waals surface area (Å²) in [7, 11) is 0. The molecular weight excluding hydrogens is 217 g/mol. The summed E-state index contributed by atoms with van der Waals surface area (Å²) in [6.45, 7) is 7.46. The summed E-state index contributed by atoms with van der Waals surface area (Å²) in [5.74, 6) is 0.629. The molecule has 0 bridgehead atoms. The van der Waals surface area contributed by atoms with Crippen LogP contribution in [0.4, 0.5) is 10.1 Å². The van der Waals surface area contributed by atoms with Gasteiger partial charge in [-0.25, -0.2) is 4.39 Å². The summed E-state index contributed by atoms with van der Waals surface area (Å²) in [5, 5.41) is 0. The van der Waals surface area contributed by atoms with E-state index in [4.69, 9.17) is 5.73 Å². The Hall–Kier alpha value is -1.58. The summed E-state index contributed by atoms with van der Waals surface area (Å²) in [6, 6.07) is 6.37. The van der Waals surface area contributed by atoms with Gasteiger partial charge in [-0.2, -0.15) is 0 Å². The average molecular weight is 237 g/mol. The van der Waals surface area contributed by atoms with Crippen LogP contribution < -0.4 is 10.6 Å². The molecule has 0 unspecified atom stereocenters. The molecule has 0 heterocycles. The lowest BCUT2D eigenvalue weighted by molar-refractivity contribution is 0.627. The van der Waals surface area contributed by atoms with Gasteiger partial charge < -0.3 is 10.6 Å². The lowest BCUT2D eigenvalue weighted by atomic mass is 10.2. The first-order valence-corrected chi connectivity index (χ1v) is 5.87. The smallest absolute Gasteiger partial charge is 0.195 e. The SMILES string of the molecule is CCN(C(N)=NCC(C)C)c1cccc(F)c1. The van der Waals surface area contributed by atoms with E-state index in [9.17, 15) is 4.39 Å². The molecule has 0 aliphatic carbocycles. The van der Waals surface area contributed by atoms with Gasteiger partial charge in [0.15, 0.2) is 5.96 Å². The van der Waals surface area contributed by atoms with Crippen molar-refractivity contribution in [3.05, 3.63) is 30.1 Å². The van der Waals surface area contributed by atoms with Gasteiger partial charge in [0, 0.05) is 18.8 Å². The molecule has 0 saturated carbocycles. The van der Waals surface area contributed by atoms with Crippen LogP contribution in [0.25, 0.3) is 0 Å². The van der Waals surface area contributed by atoms with Crippen LogP contribution in [-0.4, -0.2) is 19.0 Å². The molecule has 0 aliphatic rings. The van der Waals surface area contributed by atoms with Crippen LogP contribution in [0.1, 0.15) is 20.8 Å². The van der Waals surface area contributed by atoms with Crippen molar-refractivity contribution < 1.29 is 4.39 Å². The highest BCUT2D eigenvalue weighted by molar-refractivity contribution is 5.94. The Labute approximate surface area is 102 Å². The third-order valence-electron chi connectivity index (χ3n) is 2.33. The topological polar surface area (TPSA) is 41.6 Å². The Morgan fingerprint density at radius 1 is 1.47 bits per heavy atom. The number of nitrogens with zero attached hydrogens (tertiary/aromatic N) is 2. The Bertz CT molecular complexity index is 388. The first-order chi connectivity index (χ1) is 8.04. The monoisotopic (exact) mass is 237 g/mol. The summed E-state index contributed by atoms with van der Waals surface area (Å²) >= 11 is 0. The number of rotatable bonds is 4. The second-order valence-electron chi connectivity index (χ2n) is 4.32. The van der Waals surface area contributed by atoms with Gasteiger partial charge in [0.05, 0.1) is 0 Å². The molecule has 0 aliphatic heterocycles. The Morgan fingerprint density at radius 2 is 2.18 bits per heavy atom. The number of aliphatic imine (C=N–C) groups is 1. The van der Waals surface area contributed by atoms with Crippen molar-refractivity contribution in [3.63, 3.8) is 0 Å². The third kappa shape index (κ3) is 4.06. The van der Waals surface area contributed by atoms with Gasteiger partial charge >= 0.3 is 0 Å². The molecule has 0 amide bonds. The number of hydrogen-bond acceptors (Lipinski definition) is 1. The lowest BCUT2D eigenvalue weighted by Gasteiger charge is -2.22. The minimum absolute atomic E-state index is 0.266. The molecule has 2 N–H and O–H groups in total. The van der Waals surface area contributed by atoms with Crippen LogP contribution >= 0.6 is 0 Å². The van der Waals surface area contributed by atoms with Crippen LogP contribution in [0.2, 0.25) is 0 Å². The van der Waals surface area contributed by atoms with Crippen molar-refractivity contribution in [1.82, 2.24) is 0 Å². The molecule has 0 atom stereocenters. The van der Waals surface area contributed by atoms with Crippen molar-refractivity contribution in [2.45, 2.75) is 20.8 Å². The van der Waals surface area contributed by atoms with Crippen molar-refractivity contribution in [1.29, 1.82) is 0 Å². The van der Waals surface area contributed by atoms with Crippen LogP contribution in [0, 0.1) is 11.7 Å². The maximum absolute atomic E-state index is 13.1. The first-order valence-electron chi connectivity index (χ1n) is 5.87. The molecule has 1 aromatic rings. The fraction of sp³-hybridized carbons (Fsp3) is 0.462. The molecule has 0 fully saturated rings. The van der Waals surface area contributed by atoms with E-state index in [1.807, 2.05) is 13.0 Å². The molecule has 17 heavy (non-hydrogen) atoms. The maximum Gasteiger partial charge on any atom is 0.195 e. The summed E-state index contributed by atoms with van der Waals surface area (Å²) in [5.41, 5.74) is 6.65. The zero-order chi connectivity index (χ0) is 12.8. The highest BCUT2D eigenvalue weighted by Gasteiger charge is 2.09. The largest absolute Gasteiger partial charge is 0.370 e. The summed E-state index contributed by atoms with van der Waals surface area (Å²) in [6.07, 6.45) is 0. The number of nitrogens with two attached hydrogens (primary N) is 1. The zero-order valence-electron chi connectivity index (χ0n) is 10.7. The van der Waals surface area contributed by atoms with Crippen LogP contribution in [0.15, 0.2) is 29.3 Å². The van der Waals surface area contributed by atoms with E-state index in [1.165, 1.54) is 12.1 Å². The quantitative estimate of drug-likeness (QED) is 0.646. The highest BCUT2D eigenvalue weighted by Crippen LogP contribution is 2.15. The van der Waals surface area contributed by atoms with Gasteiger partial charge in [-0.15, -0.1) is 0 Å². The van der Waals surface area contributed by atoms with Gasteiger partial charge in [-0.1, -0.05) is 19.9 Å². The van der Waals surface area contributed by atoms with Crippen LogP contribution in [0.5, 0.6) is 0 Å². The van der Waals surface area contributed by atoms with E-state index < -0.39 is 0 Å². The van der Waals surface area contributed by atoms with Gasteiger partial charge in [0.2, 0.25) is 0 Å². The molecule has 1 rings (SSSR count). The second-order valence-corrected chi connectivity index (χ2v) is 4.32. The van der Waals surface area contributed by atoms with Gasteiger partial charge in [-0.3, -0.25) is 4.99 Å². The number of hydrogen-bond donors (Lipinski definition) is 1. The fourth-order valence-electron chi connectivity index (χ4n) is 1.48. The predicted octanol–water partition coefficient (Wildman–Crippen LogP) is 2.62.